The number of amides is 1. The third kappa shape index (κ3) is 2.23. The second-order valence-electron chi connectivity index (χ2n) is 4.86. The summed E-state index contributed by atoms with van der Waals surface area (Å²) in [6, 6.07) is 1.79. The lowest BCUT2D eigenvalue weighted by Crippen LogP contribution is -2.40. The van der Waals surface area contributed by atoms with Crippen LogP contribution in [0.4, 0.5) is 5.82 Å². The average molecular weight is 311 g/mol. The lowest BCUT2D eigenvalue weighted by molar-refractivity contribution is -0.119. The fourth-order valence-electron chi connectivity index (χ4n) is 2.64. The van der Waals surface area contributed by atoms with Gasteiger partial charge in [0.05, 0.1) is 5.39 Å². The van der Waals surface area contributed by atoms with Gasteiger partial charge in [-0.05, 0) is 36.9 Å². The maximum atomic E-state index is 11.6. The first-order chi connectivity index (χ1) is 9.60. The van der Waals surface area contributed by atoms with Crippen molar-refractivity contribution in [3.05, 3.63) is 16.2 Å². The smallest absolute Gasteiger partial charge is 0.240 e. The molecule has 1 unspecified atom stereocenters. The van der Waals surface area contributed by atoms with Crippen LogP contribution in [0, 0.1) is 0 Å². The van der Waals surface area contributed by atoms with E-state index in [2.05, 4.69) is 23.0 Å². The monoisotopic (exact) mass is 310 g/mol. The van der Waals surface area contributed by atoms with Gasteiger partial charge in [0.15, 0.2) is 0 Å². The highest BCUT2D eigenvalue weighted by Gasteiger charge is 2.31. The van der Waals surface area contributed by atoms with Gasteiger partial charge in [-0.1, -0.05) is 6.92 Å². The minimum absolute atomic E-state index is 0.215. The van der Waals surface area contributed by atoms with Gasteiger partial charge >= 0.3 is 0 Å². The fraction of sp³-hybridized carbons (Fsp3) is 0.462. The number of nitrogens with zero attached hydrogens (tertiary/aromatic N) is 3. The Hall–Kier alpha value is -1.40. The molecule has 0 radical (unpaired) electrons. The molecule has 0 aliphatic carbocycles. The van der Waals surface area contributed by atoms with E-state index < -0.39 is 0 Å². The third-order valence-electron chi connectivity index (χ3n) is 3.60. The molecule has 1 amide bonds. The van der Waals surface area contributed by atoms with Crippen LogP contribution in [0.3, 0.4) is 0 Å². The first-order valence-electron chi connectivity index (χ1n) is 6.62. The first-order valence-corrected chi connectivity index (χ1v) is 7.81. The zero-order valence-corrected chi connectivity index (χ0v) is 12.7. The molecule has 1 aliphatic rings. The van der Waals surface area contributed by atoms with Crippen LogP contribution in [-0.2, 0) is 11.2 Å². The van der Waals surface area contributed by atoms with E-state index in [0.29, 0.717) is 0 Å². The van der Waals surface area contributed by atoms with E-state index in [4.69, 9.17) is 17.3 Å². The summed E-state index contributed by atoms with van der Waals surface area (Å²) in [6.45, 7) is 2.87. The zero-order valence-electron chi connectivity index (χ0n) is 11.1. The second-order valence-corrected chi connectivity index (χ2v) is 6.31. The lowest BCUT2D eigenvalue weighted by Gasteiger charge is -2.23. The van der Waals surface area contributed by atoms with Gasteiger partial charge in [-0.2, -0.15) is 4.98 Å². The molecule has 1 aliphatic heterocycles. The summed E-state index contributed by atoms with van der Waals surface area (Å²) in [4.78, 5) is 24.3. The van der Waals surface area contributed by atoms with Crippen molar-refractivity contribution in [3.8, 4) is 0 Å². The van der Waals surface area contributed by atoms with Gasteiger partial charge in [-0.3, -0.25) is 4.79 Å². The van der Waals surface area contributed by atoms with E-state index in [1.165, 1.54) is 4.88 Å². The van der Waals surface area contributed by atoms with Crippen LogP contribution >= 0.6 is 22.9 Å². The van der Waals surface area contributed by atoms with E-state index in [1.54, 1.807) is 11.3 Å². The number of fused-ring (bicyclic) bond motifs is 1. The quantitative estimate of drug-likeness (QED) is 0.883. The van der Waals surface area contributed by atoms with E-state index in [9.17, 15) is 4.79 Å². The number of carbonyl (C=O) groups excluding carboxylic acids is 1. The van der Waals surface area contributed by atoms with Crippen molar-refractivity contribution in [2.45, 2.75) is 32.2 Å². The van der Waals surface area contributed by atoms with Gasteiger partial charge in [-0.15, -0.1) is 11.3 Å². The first kappa shape index (κ1) is 13.6. The second kappa shape index (κ2) is 5.18. The number of nitrogens with two attached hydrogens (primary N) is 1. The summed E-state index contributed by atoms with van der Waals surface area (Å²) in [6.07, 6.45) is 2.64. The van der Waals surface area contributed by atoms with Gasteiger partial charge in [0.25, 0.3) is 0 Å². The standard InChI is InChI=1S/C13H15ClN4OS/c1-2-7-6-8-11(16-13(14)17-12(8)20-7)18-5-3-4-9(18)10(15)19/h6,9H,2-5H2,1H3,(H2,15,19). The highest BCUT2D eigenvalue weighted by atomic mass is 35.5. The van der Waals surface area contributed by atoms with E-state index >= 15 is 0 Å². The van der Waals surface area contributed by atoms with E-state index in [0.717, 1.165) is 41.8 Å². The van der Waals surface area contributed by atoms with Crippen LogP contribution in [0.5, 0.6) is 0 Å². The van der Waals surface area contributed by atoms with Crippen LogP contribution in [0.25, 0.3) is 10.2 Å². The van der Waals surface area contributed by atoms with Crippen molar-refractivity contribution in [2.75, 3.05) is 11.4 Å². The molecule has 1 saturated heterocycles. The molecule has 1 atom stereocenters. The van der Waals surface area contributed by atoms with Crippen molar-refractivity contribution in [2.24, 2.45) is 5.73 Å². The highest BCUT2D eigenvalue weighted by Crippen LogP contribution is 2.35. The fourth-order valence-corrected chi connectivity index (χ4v) is 3.82. The number of rotatable bonds is 3. The minimum atomic E-state index is -0.309. The number of carbonyl (C=O) groups is 1. The van der Waals surface area contributed by atoms with Crippen LogP contribution in [0.1, 0.15) is 24.6 Å². The molecule has 0 bridgehead atoms. The Bertz CT molecular complexity index is 672. The number of hydrogen-bond acceptors (Lipinski definition) is 5. The molecule has 2 aromatic heterocycles. The predicted molar refractivity (Wildman–Crippen MR) is 81.4 cm³/mol. The Morgan fingerprint density at radius 3 is 3.10 bits per heavy atom. The summed E-state index contributed by atoms with van der Waals surface area (Å²) < 4.78 is 0. The Kier molecular flexibility index (Phi) is 3.52. The number of anilines is 1. The molecule has 0 aromatic carbocycles. The average Bonchev–Trinajstić information content (AvgIpc) is 3.03. The Balaban J connectivity index is 2.14. The normalized spacial score (nSPS) is 18.9. The van der Waals surface area contributed by atoms with Crippen molar-refractivity contribution in [1.29, 1.82) is 0 Å². The third-order valence-corrected chi connectivity index (χ3v) is 4.94. The molecule has 3 rings (SSSR count). The van der Waals surface area contributed by atoms with Crippen molar-refractivity contribution >= 4 is 44.9 Å². The topological polar surface area (TPSA) is 72.1 Å². The summed E-state index contributed by atoms with van der Waals surface area (Å²) in [7, 11) is 0. The number of aromatic nitrogens is 2. The molecule has 2 N–H and O–H groups in total. The van der Waals surface area contributed by atoms with Gasteiger partial charge < -0.3 is 10.6 Å². The number of thiophene rings is 1. The molecular formula is C13H15ClN4OS. The number of halogens is 1. The molecule has 7 heteroatoms. The number of primary amides is 1. The summed E-state index contributed by atoms with van der Waals surface area (Å²) >= 11 is 7.64. The maximum Gasteiger partial charge on any atom is 0.240 e. The molecule has 2 aromatic rings. The van der Waals surface area contributed by atoms with E-state index in [1.807, 2.05) is 4.90 Å². The molecule has 0 spiro atoms. The lowest BCUT2D eigenvalue weighted by atomic mass is 10.2. The van der Waals surface area contributed by atoms with Crippen LogP contribution in [0.15, 0.2) is 6.07 Å². The van der Waals surface area contributed by atoms with Crippen molar-refractivity contribution < 1.29 is 4.79 Å². The van der Waals surface area contributed by atoms with Crippen molar-refractivity contribution in [1.82, 2.24) is 9.97 Å². The number of aryl methyl sites for hydroxylation is 1. The van der Waals surface area contributed by atoms with E-state index in [-0.39, 0.29) is 17.2 Å². The molecule has 1 fully saturated rings. The summed E-state index contributed by atoms with van der Waals surface area (Å²) in [5, 5.41) is 1.18. The predicted octanol–water partition coefficient (Wildman–Crippen LogP) is 2.36. The summed E-state index contributed by atoms with van der Waals surface area (Å²) in [5.41, 5.74) is 5.48. The molecule has 20 heavy (non-hydrogen) atoms. The van der Waals surface area contributed by atoms with Crippen LogP contribution < -0.4 is 10.6 Å². The largest absolute Gasteiger partial charge is 0.368 e. The Labute approximate surface area is 125 Å². The van der Waals surface area contributed by atoms with Gasteiger partial charge in [0.1, 0.15) is 16.7 Å². The van der Waals surface area contributed by atoms with Crippen LogP contribution in [0.2, 0.25) is 5.28 Å². The Morgan fingerprint density at radius 1 is 1.60 bits per heavy atom. The summed E-state index contributed by atoms with van der Waals surface area (Å²) in [5.74, 6) is 0.425. The van der Waals surface area contributed by atoms with Gasteiger partial charge in [0.2, 0.25) is 11.2 Å². The Morgan fingerprint density at radius 2 is 2.40 bits per heavy atom. The van der Waals surface area contributed by atoms with Crippen molar-refractivity contribution in [3.63, 3.8) is 0 Å². The number of hydrogen-bond donors (Lipinski definition) is 1. The molecular weight excluding hydrogens is 296 g/mol. The minimum Gasteiger partial charge on any atom is -0.368 e. The zero-order chi connectivity index (χ0) is 14.3. The highest BCUT2D eigenvalue weighted by molar-refractivity contribution is 7.18. The maximum absolute atomic E-state index is 11.6. The molecule has 0 saturated carbocycles. The SMILES string of the molecule is CCc1cc2c(N3CCCC3C(N)=O)nc(Cl)nc2s1. The molecule has 3 heterocycles. The van der Waals surface area contributed by atoms with Gasteiger partial charge in [0, 0.05) is 11.4 Å². The molecule has 106 valence electrons. The molecule has 5 nitrogen and oxygen atoms in total. The van der Waals surface area contributed by atoms with Crippen LogP contribution in [-0.4, -0.2) is 28.5 Å². The van der Waals surface area contributed by atoms with Gasteiger partial charge in [-0.25, -0.2) is 4.98 Å².